The Morgan fingerprint density at radius 3 is 2.71 bits per heavy atom. The Kier molecular flexibility index (Phi) is 4.76. The molecular weight excluding hydrogens is 304 g/mol. The summed E-state index contributed by atoms with van der Waals surface area (Å²) in [5, 5.41) is 5.78. The van der Waals surface area contributed by atoms with E-state index >= 15 is 0 Å². The summed E-state index contributed by atoms with van der Waals surface area (Å²) in [6.07, 6.45) is 5.44. The summed E-state index contributed by atoms with van der Waals surface area (Å²) in [5.74, 6) is -0.121. The molecule has 2 aliphatic rings. The second kappa shape index (κ2) is 6.81. The van der Waals surface area contributed by atoms with Crippen LogP contribution in [0.15, 0.2) is 18.2 Å². The molecular formula is C18H26N4O2. The number of nitrogens with two attached hydrogens (primary N) is 1. The number of anilines is 2. The quantitative estimate of drug-likeness (QED) is 0.795. The fourth-order valence-corrected chi connectivity index (χ4v) is 3.58. The summed E-state index contributed by atoms with van der Waals surface area (Å²) in [4.78, 5) is 26.5. The SMILES string of the molecule is CCNC(=O)N1CCc2ccc(NC(=O)C3(N)CCCCC3)cc21. The van der Waals surface area contributed by atoms with E-state index in [-0.39, 0.29) is 11.9 Å². The smallest absolute Gasteiger partial charge is 0.321 e. The zero-order valence-electron chi connectivity index (χ0n) is 14.2. The fourth-order valence-electron chi connectivity index (χ4n) is 3.58. The Labute approximate surface area is 142 Å². The van der Waals surface area contributed by atoms with Crippen molar-refractivity contribution in [3.8, 4) is 0 Å². The molecule has 24 heavy (non-hydrogen) atoms. The predicted molar refractivity (Wildman–Crippen MR) is 95.2 cm³/mol. The average Bonchev–Trinajstić information content (AvgIpc) is 2.99. The van der Waals surface area contributed by atoms with Crippen LogP contribution in [0.25, 0.3) is 0 Å². The molecule has 0 spiro atoms. The molecule has 130 valence electrons. The van der Waals surface area contributed by atoms with E-state index in [4.69, 9.17) is 5.73 Å². The Morgan fingerprint density at radius 1 is 1.25 bits per heavy atom. The molecule has 0 aromatic heterocycles. The molecule has 1 aromatic carbocycles. The number of nitrogens with one attached hydrogen (secondary N) is 2. The van der Waals surface area contributed by atoms with Gasteiger partial charge in [0.25, 0.3) is 0 Å². The highest BCUT2D eigenvalue weighted by molar-refractivity contribution is 6.00. The number of carbonyl (C=O) groups excluding carboxylic acids is 2. The van der Waals surface area contributed by atoms with Crippen LogP contribution in [0.2, 0.25) is 0 Å². The highest BCUT2D eigenvalue weighted by Gasteiger charge is 2.35. The van der Waals surface area contributed by atoms with Crippen molar-refractivity contribution in [2.24, 2.45) is 5.73 Å². The lowest BCUT2D eigenvalue weighted by atomic mass is 9.82. The van der Waals surface area contributed by atoms with E-state index in [1.165, 1.54) is 0 Å². The molecule has 1 aliphatic carbocycles. The van der Waals surface area contributed by atoms with Gasteiger partial charge in [0.2, 0.25) is 5.91 Å². The van der Waals surface area contributed by atoms with Gasteiger partial charge in [-0.1, -0.05) is 25.3 Å². The van der Waals surface area contributed by atoms with Crippen LogP contribution < -0.4 is 21.3 Å². The maximum atomic E-state index is 12.6. The standard InChI is InChI=1S/C18H26N4O2/c1-2-20-17(24)22-11-8-13-6-7-14(12-15(13)22)21-16(23)18(19)9-4-3-5-10-18/h6-7,12H,2-5,8-11,19H2,1H3,(H,20,24)(H,21,23). The number of urea groups is 1. The van der Waals surface area contributed by atoms with Gasteiger partial charge in [-0.2, -0.15) is 0 Å². The van der Waals surface area contributed by atoms with E-state index in [0.29, 0.717) is 18.8 Å². The first-order valence-electron chi connectivity index (χ1n) is 8.82. The minimum absolute atomic E-state index is 0.0951. The minimum Gasteiger partial charge on any atom is -0.338 e. The van der Waals surface area contributed by atoms with Crippen molar-refractivity contribution in [1.82, 2.24) is 5.32 Å². The van der Waals surface area contributed by atoms with Crippen LogP contribution in [0.1, 0.15) is 44.6 Å². The van der Waals surface area contributed by atoms with E-state index in [1.807, 2.05) is 25.1 Å². The van der Waals surface area contributed by atoms with Crippen molar-refractivity contribution in [3.05, 3.63) is 23.8 Å². The zero-order chi connectivity index (χ0) is 17.2. The van der Waals surface area contributed by atoms with Gasteiger partial charge in [0.05, 0.1) is 11.2 Å². The first-order valence-corrected chi connectivity index (χ1v) is 8.82. The van der Waals surface area contributed by atoms with E-state index in [9.17, 15) is 9.59 Å². The molecule has 0 radical (unpaired) electrons. The van der Waals surface area contributed by atoms with Crippen molar-refractivity contribution in [3.63, 3.8) is 0 Å². The number of benzene rings is 1. The number of rotatable bonds is 3. The largest absolute Gasteiger partial charge is 0.338 e. The highest BCUT2D eigenvalue weighted by Crippen LogP contribution is 2.32. The van der Waals surface area contributed by atoms with Crippen LogP contribution in [0.5, 0.6) is 0 Å². The molecule has 1 saturated carbocycles. The first kappa shape index (κ1) is 16.8. The van der Waals surface area contributed by atoms with Crippen LogP contribution in [0.3, 0.4) is 0 Å². The van der Waals surface area contributed by atoms with Crippen LogP contribution >= 0.6 is 0 Å². The maximum Gasteiger partial charge on any atom is 0.321 e. The van der Waals surface area contributed by atoms with Crippen molar-refractivity contribution in [1.29, 1.82) is 0 Å². The Bertz CT molecular complexity index is 638. The molecule has 3 amide bonds. The molecule has 1 aliphatic heterocycles. The zero-order valence-corrected chi connectivity index (χ0v) is 14.2. The van der Waals surface area contributed by atoms with Crippen LogP contribution in [-0.2, 0) is 11.2 Å². The van der Waals surface area contributed by atoms with Gasteiger partial charge in [0.15, 0.2) is 0 Å². The van der Waals surface area contributed by atoms with Gasteiger partial charge < -0.3 is 16.4 Å². The lowest BCUT2D eigenvalue weighted by Gasteiger charge is -2.31. The van der Waals surface area contributed by atoms with E-state index in [1.54, 1.807) is 4.90 Å². The number of nitrogens with zero attached hydrogens (tertiary/aromatic N) is 1. The van der Waals surface area contributed by atoms with Gasteiger partial charge in [0, 0.05) is 18.8 Å². The van der Waals surface area contributed by atoms with Crippen molar-refractivity contribution >= 4 is 23.3 Å². The monoisotopic (exact) mass is 330 g/mol. The third-order valence-corrected chi connectivity index (χ3v) is 5.01. The van der Waals surface area contributed by atoms with Crippen LogP contribution in [0.4, 0.5) is 16.2 Å². The third kappa shape index (κ3) is 3.24. The van der Waals surface area contributed by atoms with E-state index < -0.39 is 5.54 Å². The minimum atomic E-state index is -0.767. The molecule has 6 heteroatoms. The van der Waals surface area contributed by atoms with Crippen LogP contribution in [0, 0.1) is 0 Å². The highest BCUT2D eigenvalue weighted by atomic mass is 16.2. The lowest BCUT2D eigenvalue weighted by molar-refractivity contribution is -0.122. The normalized spacial score (nSPS) is 18.8. The second-order valence-corrected chi connectivity index (χ2v) is 6.75. The molecule has 1 fully saturated rings. The molecule has 0 unspecified atom stereocenters. The number of hydrogen-bond donors (Lipinski definition) is 3. The van der Waals surface area contributed by atoms with E-state index in [0.717, 1.165) is 49.8 Å². The molecule has 3 rings (SSSR count). The number of hydrogen-bond acceptors (Lipinski definition) is 3. The number of amides is 3. The van der Waals surface area contributed by atoms with Gasteiger partial charge >= 0.3 is 6.03 Å². The van der Waals surface area contributed by atoms with Crippen LogP contribution in [-0.4, -0.2) is 30.6 Å². The summed E-state index contributed by atoms with van der Waals surface area (Å²) < 4.78 is 0. The second-order valence-electron chi connectivity index (χ2n) is 6.75. The van der Waals surface area contributed by atoms with Crippen molar-refractivity contribution < 1.29 is 9.59 Å². The van der Waals surface area contributed by atoms with Gasteiger partial charge in [-0.05, 0) is 43.9 Å². The Balaban J connectivity index is 1.75. The van der Waals surface area contributed by atoms with Crippen molar-refractivity contribution in [2.75, 3.05) is 23.3 Å². The summed E-state index contributed by atoms with van der Waals surface area (Å²) in [6, 6.07) is 5.65. The molecule has 1 aromatic rings. The van der Waals surface area contributed by atoms with Gasteiger partial charge in [-0.3, -0.25) is 9.69 Å². The van der Waals surface area contributed by atoms with Crippen molar-refractivity contribution in [2.45, 2.75) is 51.0 Å². The molecule has 0 saturated heterocycles. The van der Waals surface area contributed by atoms with E-state index in [2.05, 4.69) is 10.6 Å². The molecule has 4 N–H and O–H groups in total. The predicted octanol–water partition coefficient (Wildman–Crippen LogP) is 2.38. The Hall–Kier alpha value is -2.08. The summed E-state index contributed by atoms with van der Waals surface area (Å²) >= 11 is 0. The number of fused-ring (bicyclic) bond motifs is 1. The third-order valence-electron chi connectivity index (χ3n) is 5.01. The topological polar surface area (TPSA) is 87.5 Å². The molecule has 0 atom stereocenters. The Morgan fingerprint density at radius 2 is 2.00 bits per heavy atom. The summed E-state index contributed by atoms with van der Waals surface area (Å²) in [7, 11) is 0. The fraction of sp³-hybridized carbons (Fsp3) is 0.556. The van der Waals surface area contributed by atoms with Gasteiger partial charge in [0.1, 0.15) is 0 Å². The number of carbonyl (C=O) groups is 2. The average molecular weight is 330 g/mol. The van der Waals surface area contributed by atoms with Gasteiger partial charge in [-0.15, -0.1) is 0 Å². The maximum absolute atomic E-state index is 12.6. The lowest BCUT2D eigenvalue weighted by Crippen LogP contribution is -2.52. The summed E-state index contributed by atoms with van der Waals surface area (Å²) in [5.41, 5.74) is 8.22. The summed E-state index contributed by atoms with van der Waals surface area (Å²) in [6.45, 7) is 3.16. The molecule has 1 heterocycles. The molecule has 0 bridgehead atoms. The first-order chi connectivity index (χ1) is 11.5. The van der Waals surface area contributed by atoms with Gasteiger partial charge in [-0.25, -0.2) is 4.79 Å². The molecule has 6 nitrogen and oxygen atoms in total.